The Hall–Kier alpha value is -2.92. The number of anilines is 1. The number of nitrogens with one attached hydrogen (secondary N) is 2. The minimum Gasteiger partial charge on any atom is -0.316 e. The largest absolute Gasteiger partial charge is 0.322 e. The van der Waals surface area contributed by atoms with E-state index in [1.165, 1.54) is 16.7 Å². The molecule has 0 saturated carbocycles. The predicted octanol–water partition coefficient (Wildman–Crippen LogP) is 3.96. The van der Waals surface area contributed by atoms with E-state index >= 15 is 0 Å². The lowest BCUT2D eigenvalue weighted by atomic mass is 9.92. The lowest BCUT2D eigenvalue weighted by molar-refractivity contribution is -0.120. The van der Waals surface area contributed by atoms with Gasteiger partial charge in [-0.2, -0.15) is 0 Å². The molecule has 2 amide bonds. The smallest absolute Gasteiger partial charge is 0.316 e. The first-order valence-electron chi connectivity index (χ1n) is 9.82. The summed E-state index contributed by atoms with van der Waals surface area (Å²) in [7, 11) is 0. The second-order valence-electron chi connectivity index (χ2n) is 7.35. The summed E-state index contributed by atoms with van der Waals surface area (Å²) < 4.78 is 0. The Morgan fingerprint density at radius 2 is 1.75 bits per heavy atom. The SMILES string of the molecule is CCC(=O)C1CC(c2ccc(NC(=O)N3Cc4ccccc4C3)cc2)=CCN1. The van der Waals surface area contributed by atoms with Crippen LogP contribution >= 0.6 is 0 Å². The van der Waals surface area contributed by atoms with Crippen molar-refractivity contribution in [2.24, 2.45) is 0 Å². The number of benzene rings is 2. The van der Waals surface area contributed by atoms with Crippen molar-refractivity contribution in [2.45, 2.75) is 38.9 Å². The molecule has 0 aliphatic carbocycles. The topological polar surface area (TPSA) is 61.4 Å². The van der Waals surface area contributed by atoms with E-state index in [1.807, 2.05) is 48.2 Å². The second-order valence-corrected chi connectivity index (χ2v) is 7.35. The van der Waals surface area contributed by atoms with E-state index in [4.69, 9.17) is 0 Å². The summed E-state index contributed by atoms with van der Waals surface area (Å²) in [6, 6.07) is 15.9. The molecule has 0 radical (unpaired) electrons. The molecule has 5 nitrogen and oxygen atoms in total. The number of amides is 2. The van der Waals surface area contributed by atoms with Crippen molar-refractivity contribution in [2.75, 3.05) is 11.9 Å². The van der Waals surface area contributed by atoms with Crippen molar-refractivity contribution in [1.82, 2.24) is 10.2 Å². The van der Waals surface area contributed by atoms with Crippen molar-refractivity contribution >= 4 is 23.1 Å². The Balaban J connectivity index is 1.38. The molecule has 2 N–H and O–H groups in total. The van der Waals surface area contributed by atoms with Gasteiger partial charge in [-0.25, -0.2) is 4.79 Å². The van der Waals surface area contributed by atoms with Gasteiger partial charge in [0.1, 0.15) is 5.78 Å². The van der Waals surface area contributed by atoms with E-state index < -0.39 is 0 Å². The van der Waals surface area contributed by atoms with Gasteiger partial charge in [0.25, 0.3) is 0 Å². The fraction of sp³-hybridized carbons (Fsp3) is 0.304. The van der Waals surface area contributed by atoms with Gasteiger partial charge in [-0.1, -0.05) is 49.4 Å². The number of carbonyl (C=O) groups is 2. The van der Waals surface area contributed by atoms with Crippen LogP contribution in [-0.2, 0) is 17.9 Å². The zero-order chi connectivity index (χ0) is 19.5. The first-order valence-corrected chi connectivity index (χ1v) is 9.82. The van der Waals surface area contributed by atoms with Crippen molar-refractivity contribution in [3.05, 3.63) is 71.3 Å². The van der Waals surface area contributed by atoms with Crippen LogP contribution in [-0.4, -0.2) is 29.3 Å². The third-order valence-corrected chi connectivity index (χ3v) is 5.51. The van der Waals surface area contributed by atoms with Crippen molar-refractivity contribution < 1.29 is 9.59 Å². The maximum atomic E-state index is 12.6. The highest BCUT2D eigenvalue weighted by Gasteiger charge is 2.23. The van der Waals surface area contributed by atoms with Crippen molar-refractivity contribution in [1.29, 1.82) is 0 Å². The van der Waals surface area contributed by atoms with E-state index in [9.17, 15) is 9.59 Å². The number of rotatable bonds is 4. The van der Waals surface area contributed by atoms with Crippen LogP contribution in [0.25, 0.3) is 5.57 Å². The summed E-state index contributed by atoms with van der Waals surface area (Å²) in [5.74, 6) is 0.251. The molecule has 144 valence electrons. The average molecular weight is 375 g/mol. The van der Waals surface area contributed by atoms with E-state index in [1.54, 1.807) is 0 Å². The Labute approximate surface area is 165 Å². The summed E-state index contributed by atoms with van der Waals surface area (Å²) in [5.41, 5.74) is 5.48. The molecule has 0 bridgehead atoms. The van der Waals surface area contributed by atoms with Gasteiger partial charge < -0.3 is 15.5 Å². The van der Waals surface area contributed by atoms with E-state index in [2.05, 4.69) is 28.8 Å². The predicted molar refractivity (Wildman–Crippen MR) is 111 cm³/mol. The van der Waals surface area contributed by atoms with Gasteiger partial charge in [0.05, 0.1) is 6.04 Å². The monoisotopic (exact) mass is 375 g/mol. The molecule has 1 unspecified atom stereocenters. The minimum atomic E-state index is -0.0961. The number of nitrogens with zero attached hydrogens (tertiary/aromatic N) is 1. The number of hydrogen-bond donors (Lipinski definition) is 2. The van der Waals surface area contributed by atoms with Crippen LogP contribution in [0.15, 0.2) is 54.6 Å². The molecular formula is C23H25N3O2. The zero-order valence-corrected chi connectivity index (χ0v) is 16.1. The molecule has 2 aliphatic rings. The summed E-state index contributed by atoms with van der Waals surface area (Å²) in [5, 5.41) is 6.24. The zero-order valence-electron chi connectivity index (χ0n) is 16.1. The molecule has 4 rings (SSSR count). The fourth-order valence-electron chi connectivity index (χ4n) is 3.86. The number of hydrogen-bond acceptors (Lipinski definition) is 3. The summed E-state index contributed by atoms with van der Waals surface area (Å²) >= 11 is 0. The van der Waals surface area contributed by atoms with Crippen LogP contribution in [0.1, 0.15) is 36.5 Å². The molecule has 2 heterocycles. The number of fused-ring (bicyclic) bond motifs is 1. The number of carbonyl (C=O) groups excluding carboxylic acids is 2. The quantitative estimate of drug-likeness (QED) is 0.850. The highest BCUT2D eigenvalue weighted by molar-refractivity contribution is 5.90. The summed E-state index contributed by atoms with van der Waals surface area (Å²) in [4.78, 5) is 26.4. The Bertz CT molecular complexity index is 893. The number of ketones is 1. The Kier molecular flexibility index (Phi) is 5.26. The molecule has 2 aromatic rings. The van der Waals surface area contributed by atoms with Gasteiger partial charge in [-0.3, -0.25) is 4.79 Å². The molecule has 5 heteroatoms. The molecule has 0 spiro atoms. The van der Waals surface area contributed by atoms with Crippen LogP contribution in [0.4, 0.5) is 10.5 Å². The van der Waals surface area contributed by atoms with Crippen LogP contribution < -0.4 is 10.6 Å². The summed E-state index contributed by atoms with van der Waals surface area (Å²) in [6.07, 6.45) is 3.40. The van der Waals surface area contributed by atoms with Crippen molar-refractivity contribution in [3.8, 4) is 0 Å². The van der Waals surface area contributed by atoms with E-state index in [0.717, 1.165) is 11.3 Å². The second kappa shape index (κ2) is 7.98. The molecule has 1 atom stereocenters. The number of Topliss-reactive ketones (excluding diaryl/α,β-unsaturated/α-hetero) is 1. The molecule has 2 aromatic carbocycles. The van der Waals surface area contributed by atoms with Crippen LogP contribution in [0.5, 0.6) is 0 Å². The number of urea groups is 1. The van der Waals surface area contributed by atoms with Gasteiger partial charge >= 0.3 is 6.03 Å². The van der Waals surface area contributed by atoms with E-state index in [0.29, 0.717) is 32.5 Å². The van der Waals surface area contributed by atoms with Gasteiger partial charge in [-0.15, -0.1) is 0 Å². The third kappa shape index (κ3) is 3.85. The van der Waals surface area contributed by atoms with Crippen LogP contribution in [0, 0.1) is 0 Å². The molecular weight excluding hydrogens is 350 g/mol. The lowest BCUT2D eigenvalue weighted by Gasteiger charge is -2.23. The first kappa shape index (κ1) is 18.4. The molecule has 0 fully saturated rings. The standard InChI is InChI=1S/C23H25N3O2/c1-2-22(27)21-13-17(11-12-24-21)16-7-9-20(10-8-16)25-23(28)26-14-18-5-3-4-6-19(18)15-26/h3-11,21,24H,2,12-15H2,1H3,(H,25,28). The maximum absolute atomic E-state index is 12.6. The maximum Gasteiger partial charge on any atom is 0.322 e. The average Bonchev–Trinajstić information content (AvgIpc) is 3.18. The van der Waals surface area contributed by atoms with Gasteiger partial charge in [0.2, 0.25) is 0 Å². The van der Waals surface area contributed by atoms with E-state index in [-0.39, 0.29) is 17.9 Å². The van der Waals surface area contributed by atoms with Crippen molar-refractivity contribution in [3.63, 3.8) is 0 Å². The lowest BCUT2D eigenvalue weighted by Crippen LogP contribution is -2.39. The highest BCUT2D eigenvalue weighted by Crippen LogP contribution is 2.26. The molecule has 28 heavy (non-hydrogen) atoms. The molecule has 2 aliphatic heterocycles. The molecule has 0 aromatic heterocycles. The van der Waals surface area contributed by atoms with Crippen LogP contribution in [0.2, 0.25) is 0 Å². The van der Waals surface area contributed by atoms with Gasteiger partial charge in [0, 0.05) is 31.7 Å². The Morgan fingerprint density at radius 1 is 1.07 bits per heavy atom. The molecule has 0 saturated heterocycles. The fourth-order valence-corrected chi connectivity index (χ4v) is 3.86. The summed E-state index contributed by atoms with van der Waals surface area (Å²) in [6.45, 7) is 3.90. The minimum absolute atomic E-state index is 0.0846. The third-order valence-electron chi connectivity index (χ3n) is 5.51. The van der Waals surface area contributed by atoms with Gasteiger partial charge in [0.15, 0.2) is 0 Å². The first-order chi connectivity index (χ1) is 13.6. The van der Waals surface area contributed by atoms with Gasteiger partial charge in [-0.05, 0) is 40.8 Å². The highest BCUT2D eigenvalue weighted by atomic mass is 16.2. The normalized spacial score (nSPS) is 18.4. The Morgan fingerprint density at radius 3 is 2.39 bits per heavy atom. The van der Waals surface area contributed by atoms with Crippen LogP contribution in [0.3, 0.4) is 0 Å².